The van der Waals surface area contributed by atoms with Crippen LogP contribution in [0.5, 0.6) is 0 Å². The second-order valence-electron chi connectivity index (χ2n) is 8.40. The van der Waals surface area contributed by atoms with E-state index in [1.54, 1.807) is 18.2 Å². The number of ether oxygens (including phenoxy) is 1. The van der Waals surface area contributed by atoms with Gasteiger partial charge in [0.2, 0.25) is 5.95 Å². The van der Waals surface area contributed by atoms with Crippen LogP contribution in [0.2, 0.25) is 10.0 Å². The molecule has 0 spiro atoms. The van der Waals surface area contributed by atoms with Crippen LogP contribution in [-0.4, -0.2) is 42.7 Å². The molecule has 168 valence electrons. The van der Waals surface area contributed by atoms with Crippen molar-refractivity contribution in [2.45, 2.75) is 31.7 Å². The molecule has 0 bridgehead atoms. The van der Waals surface area contributed by atoms with Crippen LogP contribution >= 0.6 is 23.2 Å². The summed E-state index contributed by atoms with van der Waals surface area (Å²) >= 11 is 11.9. The van der Waals surface area contributed by atoms with Gasteiger partial charge in [-0.2, -0.15) is 4.98 Å². The average molecular weight is 473 g/mol. The molecule has 1 heterocycles. The molecule has 0 amide bonds. The van der Waals surface area contributed by atoms with E-state index in [0.717, 1.165) is 42.4 Å². The SMILES string of the molecule is CN(C)c1nc(N[C@H]2CC[C@@H](COC(=O)c3cc(Cl)cc(Cl)c3)CC2)nc2ccccc12. The number of hydrogen-bond acceptors (Lipinski definition) is 6. The maximum atomic E-state index is 12.3. The highest BCUT2D eigenvalue weighted by molar-refractivity contribution is 6.35. The van der Waals surface area contributed by atoms with E-state index in [9.17, 15) is 4.79 Å². The number of rotatable bonds is 6. The van der Waals surface area contributed by atoms with Gasteiger partial charge in [-0.15, -0.1) is 0 Å². The number of esters is 1. The second kappa shape index (κ2) is 9.92. The van der Waals surface area contributed by atoms with Crippen molar-refractivity contribution in [3.05, 3.63) is 58.1 Å². The number of nitrogens with zero attached hydrogens (tertiary/aromatic N) is 3. The van der Waals surface area contributed by atoms with Crippen molar-refractivity contribution in [2.75, 3.05) is 30.9 Å². The normalized spacial score (nSPS) is 18.4. The fourth-order valence-corrected chi connectivity index (χ4v) is 4.60. The molecule has 0 radical (unpaired) electrons. The van der Waals surface area contributed by atoms with Crippen LogP contribution in [-0.2, 0) is 4.74 Å². The van der Waals surface area contributed by atoms with Gasteiger partial charge in [0.15, 0.2) is 0 Å². The second-order valence-corrected chi connectivity index (χ2v) is 9.27. The summed E-state index contributed by atoms with van der Waals surface area (Å²) in [6, 6.07) is 13.1. The van der Waals surface area contributed by atoms with E-state index in [1.807, 2.05) is 43.3 Å². The van der Waals surface area contributed by atoms with Crippen LogP contribution < -0.4 is 10.2 Å². The van der Waals surface area contributed by atoms with Gasteiger partial charge in [-0.25, -0.2) is 9.78 Å². The van der Waals surface area contributed by atoms with Crippen molar-refractivity contribution in [1.29, 1.82) is 0 Å². The van der Waals surface area contributed by atoms with Crippen LogP contribution in [0, 0.1) is 5.92 Å². The molecule has 4 rings (SSSR count). The Kier molecular flexibility index (Phi) is 7.01. The Balaban J connectivity index is 1.32. The van der Waals surface area contributed by atoms with E-state index in [4.69, 9.17) is 37.9 Å². The molecule has 1 aromatic heterocycles. The molecule has 1 fully saturated rings. The summed E-state index contributed by atoms with van der Waals surface area (Å²) in [7, 11) is 3.98. The van der Waals surface area contributed by atoms with Crippen LogP contribution in [0.25, 0.3) is 10.9 Å². The molecule has 3 aromatic rings. The maximum absolute atomic E-state index is 12.3. The van der Waals surface area contributed by atoms with Gasteiger partial charge in [-0.3, -0.25) is 0 Å². The zero-order valence-electron chi connectivity index (χ0n) is 18.1. The first-order chi connectivity index (χ1) is 15.4. The van der Waals surface area contributed by atoms with Gasteiger partial charge in [0, 0.05) is 35.6 Å². The van der Waals surface area contributed by atoms with Gasteiger partial charge < -0.3 is 15.0 Å². The zero-order valence-corrected chi connectivity index (χ0v) is 19.7. The lowest BCUT2D eigenvalue weighted by atomic mass is 9.86. The summed E-state index contributed by atoms with van der Waals surface area (Å²) in [6.45, 7) is 0.396. The molecular formula is C24H26Cl2N4O2. The van der Waals surface area contributed by atoms with Gasteiger partial charge in [0.1, 0.15) is 5.82 Å². The predicted octanol–water partition coefficient (Wildman–Crippen LogP) is 5.83. The molecule has 6 nitrogen and oxygen atoms in total. The Bertz CT molecular complexity index is 1090. The molecule has 0 unspecified atom stereocenters. The minimum Gasteiger partial charge on any atom is -0.462 e. The standard InChI is InChI=1S/C24H26Cl2N4O2/c1-30(2)22-20-5-3-4-6-21(20)28-24(29-22)27-19-9-7-15(8-10-19)14-32-23(31)16-11-17(25)13-18(26)12-16/h3-6,11-13,15,19H,7-10,14H2,1-2H3,(H,27,28,29)/t15-,19+. The summed E-state index contributed by atoms with van der Waals surface area (Å²) in [5, 5.41) is 5.38. The first-order valence-electron chi connectivity index (χ1n) is 10.7. The minimum absolute atomic E-state index is 0.296. The number of hydrogen-bond donors (Lipinski definition) is 1. The molecule has 0 atom stereocenters. The monoisotopic (exact) mass is 472 g/mol. The van der Waals surface area contributed by atoms with Crippen molar-refractivity contribution < 1.29 is 9.53 Å². The molecule has 1 N–H and O–H groups in total. The van der Waals surface area contributed by atoms with Gasteiger partial charge in [0.05, 0.1) is 17.7 Å². The van der Waals surface area contributed by atoms with Gasteiger partial charge in [-0.1, -0.05) is 35.3 Å². The Morgan fingerprint density at radius 3 is 2.44 bits per heavy atom. The number of benzene rings is 2. The molecule has 0 saturated heterocycles. The fourth-order valence-electron chi connectivity index (χ4n) is 4.07. The van der Waals surface area contributed by atoms with Crippen LogP contribution in [0.15, 0.2) is 42.5 Å². The van der Waals surface area contributed by atoms with E-state index >= 15 is 0 Å². The molecule has 32 heavy (non-hydrogen) atoms. The summed E-state index contributed by atoms with van der Waals surface area (Å²) in [6.07, 6.45) is 3.88. The number of carbonyl (C=O) groups is 1. The van der Waals surface area contributed by atoms with Gasteiger partial charge >= 0.3 is 5.97 Å². The Labute approximate surface area is 197 Å². The van der Waals surface area contributed by atoms with Gasteiger partial charge in [0.25, 0.3) is 0 Å². The lowest BCUT2D eigenvalue weighted by molar-refractivity contribution is 0.0407. The van der Waals surface area contributed by atoms with E-state index in [0.29, 0.717) is 40.1 Å². The third kappa shape index (κ3) is 5.43. The number of para-hydroxylation sites is 1. The molecule has 1 aliphatic rings. The maximum Gasteiger partial charge on any atom is 0.338 e. The number of nitrogens with one attached hydrogen (secondary N) is 1. The smallest absolute Gasteiger partial charge is 0.338 e. The number of anilines is 2. The highest BCUT2D eigenvalue weighted by Crippen LogP contribution is 2.29. The van der Waals surface area contributed by atoms with Crippen molar-refractivity contribution >= 4 is 51.8 Å². The molecular weight excluding hydrogens is 447 g/mol. The molecule has 2 aromatic carbocycles. The lowest BCUT2D eigenvalue weighted by Crippen LogP contribution is -2.29. The number of halogens is 2. The number of fused-ring (bicyclic) bond motifs is 1. The van der Waals surface area contributed by atoms with Crippen molar-refractivity contribution in [1.82, 2.24) is 9.97 Å². The van der Waals surface area contributed by atoms with Crippen molar-refractivity contribution in [3.63, 3.8) is 0 Å². The highest BCUT2D eigenvalue weighted by Gasteiger charge is 2.24. The third-order valence-corrected chi connectivity index (χ3v) is 6.17. The average Bonchev–Trinajstić information content (AvgIpc) is 2.77. The Morgan fingerprint density at radius 2 is 1.75 bits per heavy atom. The summed E-state index contributed by atoms with van der Waals surface area (Å²) < 4.78 is 5.51. The van der Waals surface area contributed by atoms with Crippen LogP contribution in [0.1, 0.15) is 36.0 Å². The topological polar surface area (TPSA) is 67.3 Å². The minimum atomic E-state index is -0.393. The number of carbonyl (C=O) groups excluding carboxylic acids is 1. The lowest BCUT2D eigenvalue weighted by Gasteiger charge is -2.29. The van der Waals surface area contributed by atoms with Crippen molar-refractivity contribution in [3.8, 4) is 0 Å². The summed E-state index contributed by atoms with van der Waals surface area (Å²) in [4.78, 5) is 23.8. The van der Waals surface area contributed by atoms with E-state index < -0.39 is 5.97 Å². The van der Waals surface area contributed by atoms with E-state index in [1.165, 1.54) is 0 Å². The Hall–Kier alpha value is -2.57. The number of aromatic nitrogens is 2. The summed E-state index contributed by atoms with van der Waals surface area (Å²) in [5.74, 6) is 1.50. The zero-order chi connectivity index (χ0) is 22.7. The molecule has 0 aliphatic heterocycles. The van der Waals surface area contributed by atoms with Gasteiger partial charge in [-0.05, 0) is 61.9 Å². The summed E-state index contributed by atoms with van der Waals surface area (Å²) in [5.41, 5.74) is 1.30. The first-order valence-corrected chi connectivity index (χ1v) is 11.5. The highest BCUT2D eigenvalue weighted by atomic mass is 35.5. The molecule has 8 heteroatoms. The largest absolute Gasteiger partial charge is 0.462 e. The quantitative estimate of drug-likeness (QED) is 0.455. The molecule has 1 aliphatic carbocycles. The molecule has 1 saturated carbocycles. The van der Waals surface area contributed by atoms with Crippen LogP contribution in [0.3, 0.4) is 0 Å². The van der Waals surface area contributed by atoms with E-state index in [2.05, 4.69) is 5.32 Å². The third-order valence-electron chi connectivity index (χ3n) is 5.74. The van der Waals surface area contributed by atoms with Crippen molar-refractivity contribution in [2.24, 2.45) is 5.92 Å². The fraction of sp³-hybridized carbons (Fsp3) is 0.375. The predicted molar refractivity (Wildman–Crippen MR) is 130 cm³/mol. The Morgan fingerprint density at radius 1 is 1.06 bits per heavy atom. The van der Waals surface area contributed by atoms with Crippen LogP contribution in [0.4, 0.5) is 11.8 Å². The first kappa shape index (κ1) is 22.6. The van der Waals surface area contributed by atoms with E-state index in [-0.39, 0.29) is 0 Å².